The summed E-state index contributed by atoms with van der Waals surface area (Å²) < 4.78 is 17.3. The van der Waals surface area contributed by atoms with Crippen LogP contribution in [0.2, 0.25) is 0 Å². The van der Waals surface area contributed by atoms with E-state index < -0.39 is 6.04 Å². The SMILES string of the molecule is CCCc1cc(C2=N[C@@H](C=O)CO2)cc(OCc2ccccc2)c1OC. The second kappa shape index (κ2) is 8.52. The molecule has 0 amide bonds. The minimum absolute atomic E-state index is 0.286. The van der Waals surface area contributed by atoms with E-state index in [1.165, 1.54) is 0 Å². The van der Waals surface area contributed by atoms with Crippen LogP contribution in [0.5, 0.6) is 11.5 Å². The summed E-state index contributed by atoms with van der Waals surface area (Å²) in [6.45, 7) is 2.84. The van der Waals surface area contributed by atoms with Gasteiger partial charge in [-0.1, -0.05) is 43.7 Å². The van der Waals surface area contributed by atoms with Gasteiger partial charge in [-0.25, -0.2) is 4.99 Å². The number of carbonyl (C=O) groups is 1. The van der Waals surface area contributed by atoms with Crippen LogP contribution in [-0.2, 0) is 22.6 Å². The van der Waals surface area contributed by atoms with Gasteiger partial charge in [0.25, 0.3) is 0 Å². The molecule has 5 heteroatoms. The van der Waals surface area contributed by atoms with E-state index in [-0.39, 0.29) is 6.61 Å². The Balaban J connectivity index is 1.93. The van der Waals surface area contributed by atoms with Crippen LogP contribution >= 0.6 is 0 Å². The fourth-order valence-corrected chi connectivity index (χ4v) is 2.93. The van der Waals surface area contributed by atoms with Gasteiger partial charge in [0.15, 0.2) is 11.5 Å². The number of benzene rings is 2. The lowest BCUT2D eigenvalue weighted by atomic mass is 10.0. The lowest BCUT2D eigenvalue weighted by molar-refractivity contribution is -0.109. The maximum Gasteiger partial charge on any atom is 0.217 e. The summed E-state index contributed by atoms with van der Waals surface area (Å²) in [6.07, 6.45) is 2.63. The van der Waals surface area contributed by atoms with Crippen LogP contribution in [0, 0.1) is 0 Å². The molecule has 0 fully saturated rings. The second-order valence-electron chi connectivity index (χ2n) is 6.14. The number of ether oxygens (including phenoxy) is 3. The van der Waals surface area contributed by atoms with Gasteiger partial charge in [0.1, 0.15) is 25.5 Å². The Labute approximate surface area is 153 Å². The number of carbonyl (C=O) groups excluding carboxylic acids is 1. The van der Waals surface area contributed by atoms with E-state index >= 15 is 0 Å². The lowest BCUT2D eigenvalue weighted by Gasteiger charge is -2.16. The molecule has 0 aliphatic carbocycles. The molecule has 0 saturated heterocycles. The number of rotatable bonds is 8. The molecule has 0 spiro atoms. The van der Waals surface area contributed by atoms with Crippen LogP contribution in [0.3, 0.4) is 0 Å². The third-order valence-corrected chi connectivity index (χ3v) is 4.17. The highest BCUT2D eigenvalue weighted by Crippen LogP contribution is 2.35. The molecule has 1 aliphatic rings. The highest BCUT2D eigenvalue weighted by atomic mass is 16.5. The molecule has 0 aromatic heterocycles. The minimum Gasteiger partial charge on any atom is -0.493 e. The Kier molecular flexibility index (Phi) is 5.89. The van der Waals surface area contributed by atoms with Crippen molar-refractivity contribution in [2.45, 2.75) is 32.4 Å². The third kappa shape index (κ3) is 4.04. The summed E-state index contributed by atoms with van der Waals surface area (Å²) in [6, 6.07) is 13.4. The number of aliphatic imine (C=N–C) groups is 1. The monoisotopic (exact) mass is 353 g/mol. The van der Waals surface area contributed by atoms with Gasteiger partial charge in [-0.15, -0.1) is 0 Å². The molecule has 136 valence electrons. The zero-order chi connectivity index (χ0) is 18.4. The number of methoxy groups -OCH3 is 1. The van der Waals surface area contributed by atoms with Crippen molar-refractivity contribution in [3.8, 4) is 11.5 Å². The fourth-order valence-electron chi connectivity index (χ4n) is 2.93. The van der Waals surface area contributed by atoms with Gasteiger partial charge in [0.2, 0.25) is 5.90 Å². The van der Waals surface area contributed by atoms with Crippen molar-refractivity contribution in [1.82, 2.24) is 0 Å². The Morgan fingerprint density at radius 2 is 2.08 bits per heavy atom. The van der Waals surface area contributed by atoms with Gasteiger partial charge in [-0.3, -0.25) is 0 Å². The molecule has 0 saturated carbocycles. The van der Waals surface area contributed by atoms with Crippen LogP contribution < -0.4 is 9.47 Å². The minimum atomic E-state index is -0.435. The van der Waals surface area contributed by atoms with Gasteiger partial charge >= 0.3 is 0 Å². The maximum absolute atomic E-state index is 10.9. The van der Waals surface area contributed by atoms with Crippen LogP contribution in [0.1, 0.15) is 30.0 Å². The van der Waals surface area contributed by atoms with Crippen molar-refractivity contribution in [2.24, 2.45) is 4.99 Å². The molecule has 3 rings (SSSR count). The van der Waals surface area contributed by atoms with E-state index in [1.54, 1.807) is 7.11 Å². The molecule has 26 heavy (non-hydrogen) atoms. The predicted octanol–water partition coefficient (Wildman–Crippen LogP) is 3.57. The molecule has 5 nitrogen and oxygen atoms in total. The van der Waals surface area contributed by atoms with E-state index in [1.807, 2.05) is 42.5 Å². The number of hydrogen-bond acceptors (Lipinski definition) is 5. The molecule has 0 bridgehead atoms. The Hall–Kier alpha value is -2.82. The van der Waals surface area contributed by atoms with E-state index in [4.69, 9.17) is 14.2 Å². The number of nitrogens with zero attached hydrogens (tertiary/aromatic N) is 1. The zero-order valence-corrected chi connectivity index (χ0v) is 15.1. The Morgan fingerprint density at radius 3 is 2.73 bits per heavy atom. The van der Waals surface area contributed by atoms with Crippen LogP contribution in [0.25, 0.3) is 0 Å². The zero-order valence-electron chi connectivity index (χ0n) is 15.1. The Morgan fingerprint density at radius 1 is 1.27 bits per heavy atom. The van der Waals surface area contributed by atoms with E-state index in [0.29, 0.717) is 18.3 Å². The first kappa shape index (κ1) is 18.0. The fraction of sp³-hybridized carbons (Fsp3) is 0.333. The first-order chi connectivity index (χ1) is 12.7. The molecule has 0 unspecified atom stereocenters. The molecule has 1 aliphatic heterocycles. The number of aryl methyl sites for hydroxylation is 1. The van der Waals surface area contributed by atoms with Gasteiger partial charge in [0.05, 0.1) is 7.11 Å². The third-order valence-electron chi connectivity index (χ3n) is 4.17. The molecule has 0 N–H and O–H groups in total. The van der Waals surface area contributed by atoms with Crippen LogP contribution in [0.15, 0.2) is 47.5 Å². The predicted molar refractivity (Wildman–Crippen MR) is 100 cm³/mol. The van der Waals surface area contributed by atoms with Gasteiger partial charge in [-0.05, 0) is 29.7 Å². The summed E-state index contributed by atoms with van der Waals surface area (Å²) >= 11 is 0. The van der Waals surface area contributed by atoms with Crippen molar-refractivity contribution >= 4 is 12.2 Å². The van der Waals surface area contributed by atoms with Crippen molar-refractivity contribution in [3.05, 3.63) is 59.2 Å². The summed E-state index contributed by atoms with van der Waals surface area (Å²) in [4.78, 5) is 15.3. The quantitative estimate of drug-likeness (QED) is 0.681. The molecule has 1 atom stereocenters. The summed E-state index contributed by atoms with van der Waals surface area (Å²) in [5.41, 5.74) is 2.92. The largest absolute Gasteiger partial charge is 0.493 e. The maximum atomic E-state index is 10.9. The summed E-state index contributed by atoms with van der Waals surface area (Å²) in [5.74, 6) is 1.86. The highest BCUT2D eigenvalue weighted by molar-refractivity contribution is 5.97. The Bertz CT molecular complexity index is 786. The number of hydrogen-bond donors (Lipinski definition) is 0. The van der Waals surface area contributed by atoms with Crippen molar-refractivity contribution in [2.75, 3.05) is 13.7 Å². The van der Waals surface area contributed by atoms with Crippen molar-refractivity contribution in [3.63, 3.8) is 0 Å². The average Bonchev–Trinajstić information content (AvgIpc) is 3.16. The van der Waals surface area contributed by atoms with Crippen molar-refractivity contribution < 1.29 is 19.0 Å². The van der Waals surface area contributed by atoms with Crippen LogP contribution in [0.4, 0.5) is 0 Å². The standard InChI is InChI=1S/C21H23NO4/c1-3-7-16-10-17(21-22-18(12-23)14-26-21)11-19(20(16)24-2)25-13-15-8-5-4-6-9-15/h4-6,8-12,18H,3,7,13-14H2,1-2H3/t18-/m0/s1. The van der Waals surface area contributed by atoms with E-state index in [2.05, 4.69) is 11.9 Å². The van der Waals surface area contributed by atoms with Gasteiger partial charge < -0.3 is 19.0 Å². The van der Waals surface area contributed by atoms with Gasteiger partial charge in [0, 0.05) is 5.56 Å². The molecule has 0 radical (unpaired) electrons. The van der Waals surface area contributed by atoms with Crippen molar-refractivity contribution in [1.29, 1.82) is 0 Å². The molecular weight excluding hydrogens is 330 g/mol. The first-order valence-corrected chi connectivity index (χ1v) is 8.79. The molecule has 2 aromatic rings. The number of aldehydes is 1. The molecular formula is C21H23NO4. The van der Waals surface area contributed by atoms with Gasteiger partial charge in [-0.2, -0.15) is 0 Å². The first-order valence-electron chi connectivity index (χ1n) is 8.79. The molecule has 2 aromatic carbocycles. The highest BCUT2D eigenvalue weighted by Gasteiger charge is 2.22. The topological polar surface area (TPSA) is 57.1 Å². The smallest absolute Gasteiger partial charge is 0.217 e. The second-order valence-corrected chi connectivity index (χ2v) is 6.14. The normalized spacial score (nSPS) is 15.9. The lowest BCUT2D eigenvalue weighted by Crippen LogP contribution is -2.07. The van der Waals surface area contributed by atoms with E-state index in [9.17, 15) is 4.79 Å². The molecule has 1 heterocycles. The van der Waals surface area contributed by atoms with E-state index in [0.717, 1.165) is 41.6 Å². The van der Waals surface area contributed by atoms with Crippen LogP contribution in [-0.4, -0.2) is 31.9 Å². The average molecular weight is 353 g/mol. The summed E-state index contributed by atoms with van der Waals surface area (Å²) in [5, 5.41) is 0. The summed E-state index contributed by atoms with van der Waals surface area (Å²) in [7, 11) is 1.65.